The van der Waals surface area contributed by atoms with E-state index >= 15 is 0 Å². The SMILES string of the molecule is [2H]c1c([2H])c([2H])c(N(c2ccc(-c3ccc4c5c6ccc7cccc8ccc(cc5n(-c5ccccc5)c4c3)c6c87)cc2)c2c([2H])c([2H])c([2H])c([2H])c2[2H])c([2H])c1[2H]. The molecule has 9 aromatic carbocycles. The van der Waals surface area contributed by atoms with E-state index < -0.39 is 60.4 Å². The second-order valence-corrected chi connectivity index (χ2v) is 11.9. The minimum Gasteiger partial charge on any atom is -0.311 e. The van der Waals surface area contributed by atoms with Gasteiger partial charge in [-0.05, 0) is 104 Å². The first-order valence-corrected chi connectivity index (χ1v) is 15.7. The Morgan fingerprint density at radius 1 is 0.417 bits per heavy atom. The maximum atomic E-state index is 8.79. The summed E-state index contributed by atoms with van der Waals surface area (Å²) in [7, 11) is 0. The van der Waals surface area contributed by atoms with Crippen molar-refractivity contribution in [2.24, 2.45) is 0 Å². The fourth-order valence-electron chi connectivity index (χ4n) is 7.23. The first kappa shape index (κ1) is 18.7. The maximum absolute atomic E-state index is 8.79. The predicted octanol–water partition coefficient (Wildman–Crippen LogP) is 12.8. The number of nitrogens with zero attached hydrogens (tertiary/aromatic N) is 2. The number of benzene rings is 9. The van der Waals surface area contributed by atoms with E-state index in [4.69, 9.17) is 13.7 Å². The summed E-state index contributed by atoms with van der Waals surface area (Å²) in [6.45, 7) is 0. The van der Waals surface area contributed by atoms with Crippen LogP contribution in [0.1, 0.15) is 13.7 Å². The highest BCUT2D eigenvalue weighted by Gasteiger charge is 2.19. The lowest BCUT2D eigenvalue weighted by Crippen LogP contribution is -2.09. The number of para-hydroxylation sites is 3. The fraction of sp³-hybridized carbons (Fsp3) is 0. The lowest BCUT2D eigenvalue weighted by molar-refractivity contribution is 1.18. The van der Waals surface area contributed by atoms with Crippen molar-refractivity contribution in [2.45, 2.75) is 0 Å². The Bertz CT molecular complexity index is 3200. The first-order chi connectivity index (χ1) is 28.0. The highest BCUT2D eigenvalue weighted by atomic mass is 15.1. The number of anilines is 3. The number of aromatic nitrogens is 1. The van der Waals surface area contributed by atoms with Gasteiger partial charge in [0.05, 0.1) is 24.7 Å². The Morgan fingerprint density at radius 3 is 1.75 bits per heavy atom. The van der Waals surface area contributed by atoms with Crippen molar-refractivity contribution in [3.05, 3.63) is 182 Å². The van der Waals surface area contributed by atoms with Gasteiger partial charge in [0.2, 0.25) is 0 Å². The molecule has 0 unspecified atom stereocenters. The Morgan fingerprint density at radius 2 is 1.04 bits per heavy atom. The highest BCUT2D eigenvalue weighted by Crippen LogP contribution is 2.44. The van der Waals surface area contributed by atoms with Gasteiger partial charge >= 0.3 is 0 Å². The number of hydrogen-bond donors (Lipinski definition) is 0. The van der Waals surface area contributed by atoms with Crippen LogP contribution in [0.4, 0.5) is 17.1 Å². The third kappa shape index (κ3) is 4.06. The molecule has 0 bridgehead atoms. The lowest BCUT2D eigenvalue weighted by atomic mass is 9.92. The van der Waals surface area contributed by atoms with Crippen molar-refractivity contribution in [1.82, 2.24) is 4.57 Å². The van der Waals surface area contributed by atoms with E-state index in [0.717, 1.165) is 44.0 Å². The predicted molar refractivity (Wildman–Crippen MR) is 205 cm³/mol. The van der Waals surface area contributed by atoms with Gasteiger partial charge in [0.15, 0.2) is 0 Å². The summed E-state index contributed by atoms with van der Waals surface area (Å²) in [5.74, 6) is 0. The molecule has 0 N–H and O–H groups in total. The molecule has 224 valence electrons. The van der Waals surface area contributed by atoms with Crippen LogP contribution < -0.4 is 4.90 Å². The van der Waals surface area contributed by atoms with E-state index in [9.17, 15) is 0 Å². The van der Waals surface area contributed by atoms with Crippen LogP contribution in [0.25, 0.3) is 70.9 Å². The van der Waals surface area contributed by atoms with Crippen LogP contribution in [0.2, 0.25) is 0 Å². The van der Waals surface area contributed by atoms with Gasteiger partial charge in [-0.25, -0.2) is 0 Å². The average Bonchev–Trinajstić information content (AvgIpc) is 3.58. The van der Waals surface area contributed by atoms with E-state index in [1.165, 1.54) is 31.8 Å². The summed E-state index contributed by atoms with van der Waals surface area (Å²) in [6.07, 6.45) is 0. The third-order valence-electron chi connectivity index (χ3n) is 9.27. The van der Waals surface area contributed by atoms with Gasteiger partial charge in [-0.1, -0.05) is 121 Å². The maximum Gasteiger partial charge on any atom is 0.0645 e. The van der Waals surface area contributed by atoms with Gasteiger partial charge in [-0.15, -0.1) is 0 Å². The summed E-state index contributed by atoms with van der Waals surface area (Å²) in [6, 6.07) is 35.1. The van der Waals surface area contributed by atoms with Gasteiger partial charge in [0.1, 0.15) is 0 Å². The minimum absolute atomic E-state index is 0.240. The molecule has 0 fully saturated rings. The van der Waals surface area contributed by atoms with Gasteiger partial charge in [-0.3, -0.25) is 0 Å². The zero-order valence-corrected chi connectivity index (χ0v) is 25.4. The second kappa shape index (κ2) is 10.6. The Kier molecular flexibility index (Phi) is 4.12. The molecule has 2 heteroatoms. The fourth-order valence-corrected chi connectivity index (χ4v) is 7.23. The van der Waals surface area contributed by atoms with E-state index in [0.29, 0.717) is 0 Å². The molecule has 1 heterocycles. The third-order valence-corrected chi connectivity index (χ3v) is 9.27. The van der Waals surface area contributed by atoms with Crippen molar-refractivity contribution in [1.29, 1.82) is 0 Å². The van der Waals surface area contributed by atoms with Crippen LogP contribution in [0, 0.1) is 0 Å². The van der Waals surface area contributed by atoms with Crippen LogP contribution in [-0.4, -0.2) is 4.57 Å². The number of hydrogen-bond acceptors (Lipinski definition) is 1. The van der Waals surface area contributed by atoms with Crippen LogP contribution in [0.5, 0.6) is 0 Å². The zero-order chi connectivity index (χ0) is 40.3. The quantitative estimate of drug-likeness (QED) is 0.174. The van der Waals surface area contributed by atoms with Crippen molar-refractivity contribution >= 4 is 71.2 Å². The number of fused-ring (bicyclic) bond motifs is 4. The first-order valence-electron chi connectivity index (χ1n) is 20.7. The topological polar surface area (TPSA) is 8.17 Å². The molecule has 10 rings (SSSR count). The average molecular weight is 621 g/mol. The van der Waals surface area contributed by atoms with Crippen LogP contribution >= 0.6 is 0 Å². The summed E-state index contributed by atoms with van der Waals surface area (Å²) in [5.41, 5.74) is 4.34. The largest absolute Gasteiger partial charge is 0.311 e. The molecule has 0 spiro atoms. The zero-order valence-electron chi connectivity index (χ0n) is 35.4. The minimum atomic E-state index is -0.613. The van der Waals surface area contributed by atoms with Crippen LogP contribution in [-0.2, 0) is 0 Å². The Hall–Kier alpha value is -6.38. The monoisotopic (exact) mass is 620 g/mol. The van der Waals surface area contributed by atoms with Crippen LogP contribution in [0.3, 0.4) is 0 Å². The van der Waals surface area contributed by atoms with Crippen molar-refractivity contribution in [3.8, 4) is 16.8 Å². The van der Waals surface area contributed by atoms with Gasteiger partial charge in [-0.2, -0.15) is 0 Å². The van der Waals surface area contributed by atoms with E-state index in [-0.39, 0.29) is 17.1 Å². The smallest absolute Gasteiger partial charge is 0.0645 e. The number of rotatable bonds is 5. The van der Waals surface area contributed by atoms with E-state index in [1.807, 2.05) is 30.3 Å². The summed E-state index contributed by atoms with van der Waals surface area (Å²) < 4.78 is 87.3. The molecule has 0 amide bonds. The van der Waals surface area contributed by atoms with Gasteiger partial charge in [0.25, 0.3) is 0 Å². The normalized spacial score (nSPS) is 14.7. The molecule has 10 aromatic rings. The molecule has 0 saturated carbocycles. The van der Waals surface area contributed by atoms with Gasteiger partial charge in [0, 0.05) is 33.5 Å². The van der Waals surface area contributed by atoms with E-state index in [1.54, 1.807) is 12.1 Å². The second-order valence-electron chi connectivity index (χ2n) is 11.9. The van der Waals surface area contributed by atoms with Crippen molar-refractivity contribution in [2.75, 3.05) is 4.90 Å². The molecule has 0 aliphatic rings. The van der Waals surface area contributed by atoms with E-state index in [2.05, 4.69) is 83.4 Å². The molecule has 0 radical (unpaired) electrons. The summed E-state index contributed by atoms with van der Waals surface area (Å²) >= 11 is 0. The standard InChI is InChI=1S/C46H30N2/c1-4-13-36(14-5-1)47(37-15-6-2-7-16-37)39-25-21-31(22-26-39)34-24-27-40-42(29-34)48(38-17-8-3-9-18-38)43-30-35-20-19-32-11-10-12-33-23-28-41(46(40)43)45(35)44(32)33/h1-30H/i1D,2D,4D,5D,6D,7D,13D,14D,15D,16D. The molecule has 48 heavy (non-hydrogen) atoms. The highest BCUT2D eigenvalue weighted by molar-refractivity contribution is 6.33. The molecule has 0 aliphatic carbocycles. The lowest BCUT2D eigenvalue weighted by Gasteiger charge is -2.25. The molecular formula is C46H30N2. The molecular weight excluding hydrogens is 581 g/mol. The Labute approximate surface area is 292 Å². The molecule has 1 aromatic heterocycles. The van der Waals surface area contributed by atoms with Crippen molar-refractivity contribution < 1.29 is 13.7 Å². The summed E-state index contributed by atoms with van der Waals surface area (Å²) in [5, 5.41) is 9.45. The molecule has 0 saturated heterocycles. The Balaban J connectivity index is 1.19. The summed E-state index contributed by atoms with van der Waals surface area (Å²) in [4.78, 5) is 1.17. The molecule has 0 atom stereocenters. The van der Waals surface area contributed by atoms with Gasteiger partial charge < -0.3 is 9.47 Å². The molecule has 2 nitrogen and oxygen atoms in total. The molecule has 0 aliphatic heterocycles. The van der Waals surface area contributed by atoms with Crippen LogP contribution in [0.15, 0.2) is 182 Å². The van der Waals surface area contributed by atoms with Crippen molar-refractivity contribution in [3.63, 3.8) is 0 Å².